The largest absolute Gasteiger partial charge is 0.496 e. The van der Waals surface area contributed by atoms with Gasteiger partial charge in [0.05, 0.1) is 12.7 Å². The summed E-state index contributed by atoms with van der Waals surface area (Å²) in [5.74, 6) is -1.00. The maximum absolute atomic E-state index is 12.6. The van der Waals surface area contributed by atoms with Gasteiger partial charge in [-0.25, -0.2) is 13.8 Å². The van der Waals surface area contributed by atoms with E-state index in [-0.39, 0.29) is 15.0 Å². The van der Waals surface area contributed by atoms with E-state index in [1.54, 1.807) is 0 Å². The standard InChI is InChI=1S/C7H5F3INO/c1-13-3-2-4(8)12-7(11)5(3)6(9)10/h2,6H,1H3. The molecule has 0 bridgehead atoms. The minimum atomic E-state index is -2.71. The molecule has 0 N–H and O–H groups in total. The molecule has 1 aromatic rings. The zero-order valence-electron chi connectivity index (χ0n) is 6.52. The van der Waals surface area contributed by atoms with Crippen LogP contribution in [0, 0.1) is 9.65 Å². The van der Waals surface area contributed by atoms with Crippen LogP contribution in [-0.2, 0) is 0 Å². The molecule has 2 nitrogen and oxygen atoms in total. The lowest BCUT2D eigenvalue weighted by Gasteiger charge is -2.08. The molecule has 0 aliphatic carbocycles. The van der Waals surface area contributed by atoms with Gasteiger partial charge in [0.15, 0.2) is 0 Å². The Labute approximate surface area is 86.3 Å². The van der Waals surface area contributed by atoms with Crippen molar-refractivity contribution in [3.63, 3.8) is 0 Å². The van der Waals surface area contributed by atoms with Gasteiger partial charge >= 0.3 is 0 Å². The van der Waals surface area contributed by atoms with Crippen LogP contribution < -0.4 is 4.74 Å². The molecule has 1 heterocycles. The van der Waals surface area contributed by atoms with Gasteiger partial charge in [0.1, 0.15) is 9.45 Å². The summed E-state index contributed by atoms with van der Waals surface area (Å²) in [6.07, 6.45) is -2.71. The molecule has 0 fully saturated rings. The molecule has 0 saturated carbocycles. The average Bonchev–Trinajstić information content (AvgIpc) is 2.01. The second kappa shape index (κ2) is 4.12. The Bertz CT molecular complexity index is 319. The molecular weight excluding hydrogens is 298 g/mol. The van der Waals surface area contributed by atoms with E-state index in [0.29, 0.717) is 0 Å². The van der Waals surface area contributed by atoms with Crippen LogP contribution in [-0.4, -0.2) is 12.1 Å². The highest BCUT2D eigenvalue weighted by molar-refractivity contribution is 14.1. The van der Waals surface area contributed by atoms with Crippen molar-refractivity contribution in [2.75, 3.05) is 7.11 Å². The molecule has 0 radical (unpaired) electrons. The second-order valence-corrected chi connectivity index (χ2v) is 3.17. The maximum atomic E-state index is 12.6. The number of rotatable bonds is 2. The molecule has 0 aliphatic heterocycles. The monoisotopic (exact) mass is 303 g/mol. The summed E-state index contributed by atoms with van der Waals surface area (Å²) in [5, 5.41) is 0. The van der Waals surface area contributed by atoms with E-state index in [2.05, 4.69) is 9.72 Å². The van der Waals surface area contributed by atoms with E-state index in [9.17, 15) is 13.2 Å². The van der Waals surface area contributed by atoms with Crippen LogP contribution in [0.1, 0.15) is 12.0 Å². The predicted molar refractivity (Wildman–Crippen MR) is 48.4 cm³/mol. The van der Waals surface area contributed by atoms with Crippen LogP contribution in [0.15, 0.2) is 6.07 Å². The van der Waals surface area contributed by atoms with E-state index in [1.165, 1.54) is 29.7 Å². The third-order valence-corrected chi connectivity index (χ3v) is 2.20. The van der Waals surface area contributed by atoms with Crippen LogP contribution in [0.25, 0.3) is 0 Å². The molecule has 0 spiro atoms. The Balaban J connectivity index is 3.30. The summed E-state index contributed by atoms with van der Waals surface area (Å²) in [7, 11) is 1.21. The predicted octanol–water partition coefficient (Wildman–Crippen LogP) is 2.77. The lowest BCUT2D eigenvalue weighted by atomic mass is 10.2. The number of hydrogen-bond acceptors (Lipinski definition) is 2. The molecule has 0 unspecified atom stereocenters. The van der Waals surface area contributed by atoms with Gasteiger partial charge in [0.25, 0.3) is 6.43 Å². The maximum Gasteiger partial charge on any atom is 0.269 e. The summed E-state index contributed by atoms with van der Waals surface area (Å²) in [6.45, 7) is 0. The number of ether oxygens (including phenoxy) is 1. The van der Waals surface area contributed by atoms with Gasteiger partial charge in [-0.1, -0.05) is 0 Å². The smallest absolute Gasteiger partial charge is 0.269 e. The van der Waals surface area contributed by atoms with E-state index in [1.807, 2.05) is 0 Å². The molecule has 0 saturated heterocycles. The van der Waals surface area contributed by atoms with Gasteiger partial charge in [0, 0.05) is 6.07 Å². The zero-order chi connectivity index (χ0) is 10.0. The third-order valence-electron chi connectivity index (χ3n) is 1.38. The quantitative estimate of drug-likeness (QED) is 0.619. The van der Waals surface area contributed by atoms with Gasteiger partial charge in [-0.2, -0.15) is 4.39 Å². The minimum Gasteiger partial charge on any atom is -0.496 e. The third kappa shape index (κ3) is 2.23. The number of nitrogens with zero attached hydrogens (tertiary/aromatic N) is 1. The summed E-state index contributed by atoms with van der Waals surface area (Å²) >= 11 is 1.54. The first kappa shape index (κ1) is 10.6. The molecule has 0 atom stereocenters. The average molecular weight is 303 g/mol. The van der Waals surface area contributed by atoms with Crippen LogP contribution in [0.4, 0.5) is 13.2 Å². The lowest BCUT2D eigenvalue weighted by Crippen LogP contribution is -2.00. The fraction of sp³-hybridized carbons (Fsp3) is 0.286. The lowest BCUT2D eigenvalue weighted by molar-refractivity contribution is 0.145. The SMILES string of the molecule is COc1cc(F)nc(I)c1C(F)F. The van der Waals surface area contributed by atoms with Crippen molar-refractivity contribution in [1.82, 2.24) is 4.98 Å². The summed E-state index contributed by atoms with van der Waals surface area (Å²) in [5.41, 5.74) is -0.371. The van der Waals surface area contributed by atoms with Crippen LogP contribution in [0.2, 0.25) is 0 Å². The molecular formula is C7H5F3INO. The Morgan fingerprint density at radius 3 is 2.62 bits per heavy atom. The molecule has 0 amide bonds. The van der Waals surface area contributed by atoms with Crippen molar-refractivity contribution in [2.24, 2.45) is 0 Å². The second-order valence-electron chi connectivity index (χ2n) is 2.15. The first-order valence-electron chi connectivity index (χ1n) is 3.24. The topological polar surface area (TPSA) is 22.1 Å². The van der Waals surface area contributed by atoms with E-state index in [4.69, 9.17) is 0 Å². The first-order chi connectivity index (χ1) is 6.06. The Morgan fingerprint density at radius 1 is 1.54 bits per heavy atom. The number of methoxy groups -OCH3 is 1. The normalized spacial score (nSPS) is 10.6. The van der Waals surface area contributed by atoms with E-state index >= 15 is 0 Å². The van der Waals surface area contributed by atoms with Gasteiger partial charge in [-0.05, 0) is 22.6 Å². The van der Waals surface area contributed by atoms with Crippen molar-refractivity contribution >= 4 is 22.6 Å². The molecule has 1 aromatic heterocycles. The molecule has 0 aromatic carbocycles. The minimum absolute atomic E-state index is 0.0792. The molecule has 72 valence electrons. The Kier molecular flexibility index (Phi) is 3.34. The van der Waals surface area contributed by atoms with Gasteiger partial charge in [0.2, 0.25) is 5.95 Å². The molecule has 1 rings (SSSR count). The van der Waals surface area contributed by atoms with Crippen LogP contribution in [0.3, 0.4) is 0 Å². The molecule has 0 aliphatic rings. The van der Waals surface area contributed by atoms with Crippen LogP contribution >= 0.6 is 22.6 Å². The number of alkyl halides is 2. The van der Waals surface area contributed by atoms with Crippen molar-refractivity contribution in [2.45, 2.75) is 6.43 Å². The zero-order valence-corrected chi connectivity index (χ0v) is 8.68. The Hall–Kier alpha value is -0.530. The summed E-state index contributed by atoms with van der Waals surface area (Å²) in [6, 6.07) is 0.837. The number of hydrogen-bond donors (Lipinski definition) is 0. The highest BCUT2D eigenvalue weighted by atomic mass is 127. The summed E-state index contributed by atoms with van der Waals surface area (Å²) in [4.78, 5) is 3.26. The van der Waals surface area contributed by atoms with Gasteiger partial charge < -0.3 is 4.74 Å². The van der Waals surface area contributed by atoms with Crippen molar-refractivity contribution in [3.8, 4) is 5.75 Å². The summed E-state index contributed by atoms with van der Waals surface area (Å²) < 4.78 is 41.9. The van der Waals surface area contributed by atoms with E-state index in [0.717, 1.165) is 6.07 Å². The number of pyridine rings is 1. The van der Waals surface area contributed by atoms with Crippen molar-refractivity contribution in [1.29, 1.82) is 0 Å². The van der Waals surface area contributed by atoms with Gasteiger partial charge in [-0.15, -0.1) is 0 Å². The van der Waals surface area contributed by atoms with E-state index < -0.39 is 12.4 Å². The first-order valence-corrected chi connectivity index (χ1v) is 4.32. The van der Waals surface area contributed by atoms with Gasteiger partial charge in [-0.3, -0.25) is 0 Å². The number of halogens is 4. The van der Waals surface area contributed by atoms with Crippen molar-refractivity contribution in [3.05, 3.63) is 21.3 Å². The highest BCUT2D eigenvalue weighted by Gasteiger charge is 2.20. The fourth-order valence-electron chi connectivity index (χ4n) is 0.840. The number of aromatic nitrogens is 1. The van der Waals surface area contributed by atoms with Crippen LogP contribution in [0.5, 0.6) is 5.75 Å². The molecule has 6 heteroatoms. The highest BCUT2D eigenvalue weighted by Crippen LogP contribution is 2.32. The van der Waals surface area contributed by atoms with Crippen molar-refractivity contribution < 1.29 is 17.9 Å². The molecule has 13 heavy (non-hydrogen) atoms. The fourth-order valence-corrected chi connectivity index (χ4v) is 1.57. The Morgan fingerprint density at radius 2 is 2.15 bits per heavy atom.